The number of hydrogen-bond donors (Lipinski definition) is 2. The molecule has 1 fully saturated rings. The van der Waals surface area contributed by atoms with E-state index in [0.29, 0.717) is 6.61 Å². The van der Waals surface area contributed by atoms with Gasteiger partial charge in [-0.15, -0.1) is 11.3 Å². The molecule has 3 unspecified atom stereocenters. The van der Waals surface area contributed by atoms with Crippen molar-refractivity contribution in [3.05, 3.63) is 46.1 Å². The summed E-state index contributed by atoms with van der Waals surface area (Å²) in [5.74, 6) is -2.01. The number of aliphatic carboxylic acids is 1. The first-order valence-corrected chi connectivity index (χ1v) is 11.0. The number of nitrogens with one attached hydrogen (secondary N) is 1. The van der Waals surface area contributed by atoms with E-state index in [1.54, 1.807) is 12.1 Å². The van der Waals surface area contributed by atoms with Crippen LogP contribution in [-0.2, 0) is 20.7 Å². The van der Waals surface area contributed by atoms with E-state index in [1.807, 2.05) is 6.07 Å². The number of ether oxygens (including phenoxy) is 2. The predicted molar refractivity (Wildman–Crippen MR) is 110 cm³/mol. The van der Waals surface area contributed by atoms with Gasteiger partial charge in [0.25, 0.3) is 11.8 Å². The minimum absolute atomic E-state index is 0.0648. The summed E-state index contributed by atoms with van der Waals surface area (Å²) in [6.45, 7) is 0.647. The van der Waals surface area contributed by atoms with E-state index < -0.39 is 30.0 Å². The second-order valence-corrected chi connectivity index (χ2v) is 8.86. The number of carboxylic acid groups (broad SMARTS) is 1. The van der Waals surface area contributed by atoms with E-state index >= 15 is 0 Å². The summed E-state index contributed by atoms with van der Waals surface area (Å²) >= 11 is 1.45. The van der Waals surface area contributed by atoms with Crippen molar-refractivity contribution in [1.82, 2.24) is 9.88 Å². The van der Waals surface area contributed by atoms with Crippen molar-refractivity contribution >= 4 is 34.1 Å². The van der Waals surface area contributed by atoms with Crippen LogP contribution in [-0.4, -0.2) is 58.3 Å². The summed E-state index contributed by atoms with van der Waals surface area (Å²) in [6, 6.07) is 5.09. The Morgan fingerprint density at radius 1 is 1.32 bits per heavy atom. The maximum atomic E-state index is 12.7. The minimum Gasteiger partial charge on any atom is -0.479 e. The Morgan fingerprint density at radius 3 is 2.94 bits per heavy atom. The van der Waals surface area contributed by atoms with Crippen LogP contribution in [0.15, 0.2) is 24.4 Å². The zero-order valence-electron chi connectivity index (χ0n) is 16.6. The zero-order valence-corrected chi connectivity index (χ0v) is 17.4. The van der Waals surface area contributed by atoms with Gasteiger partial charge in [0, 0.05) is 24.1 Å². The number of carbonyl (C=O) groups excluding carboxylic acids is 2. The summed E-state index contributed by atoms with van der Waals surface area (Å²) in [4.78, 5) is 43.1. The first kappa shape index (κ1) is 20.1. The van der Waals surface area contributed by atoms with Crippen molar-refractivity contribution in [1.29, 1.82) is 0 Å². The SMILES string of the molecule is O=C(O)C1Cc2cc(NC3CCCCO3)sc2C(CN2C(=O)c3cccnc3C2=O)O1. The molecule has 0 aliphatic carbocycles. The fraction of sp³-hybridized carbons (Fsp3) is 0.429. The standard InChI is InChI=1S/C21H21N3O6S/c25-19-12-4-3-6-22-17(12)20(26)24(19)10-14-18-11(8-13(30-14)21(27)28)9-16(31-18)23-15-5-1-2-7-29-15/h3-4,6,9,13-15,23H,1-2,5,7-8,10H2,(H,27,28). The Balaban J connectivity index is 1.40. The van der Waals surface area contributed by atoms with Crippen LogP contribution < -0.4 is 5.32 Å². The first-order valence-electron chi connectivity index (χ1n) is 10.2. The van der Waals surface area contributed by atoms with Crippen LogP contribution in [0.3, 0.4) is 0 Å². The van der Waals surface area contributed by atoms with Gasteiger partial charge in [0.05, 0.1) is 17.1 Å². The second kappa shape index (κ2) is 8.03. The lowest BCUT2D eigenvalue weighted by atomic mass is 10.0. The zero-order chi connectivity index (χ0) is 21.5. The number of pyridine rings is 1. The molecule has 0 spiro atoms. The number of nitrogens with zero attached hydrogens (tertiary/aromatic N) is 2. The maximum Gasteiger partial charge on any atom is 0.333 e. The van der Waals surface area contributed by atoms with Crippen LogP contribution in [0.4, 0.5) is 5.00 Å². The van der Waals surface area contributed by atoms with E-state index in [2.05, 4.69) is 10.3 Å². The number of imide groups is 1. The highest BCUT2D eigenvalue weighted by Gasteiger charge is 2.41. The van der Waals surface area contributed by atoms with Gasteiger partial charge >= 0.3 is 5.97 Å². The van der Waals surface area contributed by atoms with Gasteiger partial charge in [0.1, 0.15) is 18.0 Å². The third kappa shape index (κ3) is 3.71. The van der Waals surface area contributed by atoms with Crippen molar-refractivity contribution in [2.24, 2.45) is 0 Å². The van der Waals surface area contributed by atoms with Crippen LogP contribution in [0.1, 0.15) is 56.7 Å². The van der Waals surface area contributed by atoms with Crippen LogP contribution in [0.25, 0.3) is 0 Å². The Bertz CT molecular complexity index is 1010. The summed E-state index contributed by atoms with van der Waals surface area (Å²) in [5.41, 5.74) is 1.21. The Kier molecular flexibility index (Phi) is 5.20. The number of rotatable bonds is 5. The first-order chi connectivity index (χ1) is 15.0. The molecule has 3 aliphatic heterocycles. The fourth-order valence-corrected chi connectivity index (χ4v) is 5.35. The highest BCUT2D eigenvalue weighted by atomic mass is 32.1. The quantitative estimate of drug-likeness (QED) is 0.677. The molecule has 3 atom stereocenters. The number of hydrogen-bond acceptors (Lipinski definition) is 8. The van der Waals surface area contributed by atoms with Gasteiger partial charge in [-0.1, -0.05) is 0 Å². The highest BCUT2D eigenvalue weighted by Crippen LogP contribution is 2.41. The van der Waals surface area contributed by atoms with Crippen molar-refractivity contribution in [2.45, 2.75) is 44.1 Å². The van der Waals surface area contributed by atoms with Gasteiger partial charge in [-0.3, -0.25) is 19.5 Å². The van der Waals surface area contributed by atoms with Gasteiger partial charge in [0.2, 0.25) is 0 Å². The number of anilines is 1. The Labute approximate surface area is 182 Å². The number of carboxylic acids is 1. The fourth-order valence-electron chi connectivity index (χ4n) is 4.18. The van der Waals surface area contributed by atoms with Crippen LogP contribution >= 0.6 is 11.3 Å². The number of amides is 2. The predicted octanol–water partition coefficient (Wildman–Crippen LogP) is 2.44. The summed E-state index contributed by atoms with van der Waals surface area (Å²) in [7, 11) is 0. The van der Waals surface area contributed by atoms with Crippen LogP contribution in [0.2, 0.25) is 0 Å². The third-order valence-corrected chi connectivity index (χ3v) is 6.91. The highest BCUT2D eigenvalue weighted by molar-refractivity contribution is 7.16. The molecule has 0 bridgehead atoms. The molecule has 31 heavy (non-hydrogen) atoms. The minimum atomic E-state index is -1.07. The van der Waals surface area contributed by atoms with Gasteiger partial charge < -0.3 is 19.9 Å². The molecule has 162 valence electrons. The number of thiophene rings is 1. The summed E-state index contributed by atoms with van der Waals surface area (Å²) < 4.78 is 11.6. The van der Waals surface area contributed by atoms with Gasteiger partial charge in [-0.25, -0.2) is 4.79 Å². The van der Waals surface area contributed by atoms with Crippen molar-refractivity contribution in [3.63, 3.8) is 0 Å². The van der Waals surface area contributed by atoms with Gasteiger partial charge in [-0.2, -0.15) is 0 Å². The Hall–Kier alpha value is -2.82. The molecule has 0 saturated carbocycles. The molecule has 0 aromatic carbocycles. The van der Waals surface area contributed by atoms with Crippen molar-refractivity contribution in [3.8, 4) is 0 Å². The average molecular weight is 443 g/mol. The van der Waals surface area contributed by atoms with E-state index in [-0.39, 0.29) is 30.5 Å². The van der Waals surface area contributed by atoms with Crippen LogP contribution in [0, 0.1) is 0 Å². The van der Waals surface area contributed by atoms with Crippen molar-refractivity contribution in [2.75, 3.05) is 18.5 Å². The normalized spacial score (nSPS) is 25.3. The molecular formula is C21H21N3O6S. The second-order valence-electron chi connectivity index (χ2n) is 7.78. The third-order valence-electron chi connectivity index (χ3n) is 5.71. The summed E-state index contributed by atoms with van der Waals surface area (Å²) in [6.07, 6.45) is 2.89. The molecule has 2 N–H and O–H groups in total. The van der Waals surface area contributed by atoms with E-state index in [1.165, 1.54) is 17.5 Å². The molecule has 3 aliphatic rings. The Morgan fingerprint density at radius 2 is 2.19 bits per heavy atom. The topological polar surface area (TPSA) is 118 Å². The largest absolute Gasteiger partial charge is 0.479 e. The van der Waals surface area contributed by atoms with Gasteiger partial charge in [0.15, 0.2) is 6.10 Å². The lowest BCUT2D eigenvalue weighted by molar-refractivity contribution is -0.156. The molecule has 2 aromatic rings. The monoisotopic (exact) mass is 443 g/mol. The lowest BCUT2D eigenvalue weighted by Gasteiger charge is -2.30. The molecular weight excluding hydrogens is 422 g/mol. The smallest absolute Gasteiger partial charge is 0.333 e. The maximum absolute atomic E-state index is 12.7. The number of fused-ring (bicyclic) bond motifs is 2. The summed E-state index contributed by atoms with van der Waals surface area (Å²) in [5, 5.41) is 13.8. The van der Waals surface area contributed by atoms with E-state index in [0.717, 1.165) is 39.6 Å². The lowest BCUT2D eigenvalue weighted by Crippen LogP contribution is -2.39. The van der Waals surface area contributed by atoms with Crippen LogP contribution in [0.5, 0.6) is 0 Å². The van der Waals surface area contributed by atoms with Crippen molar-refractivity contribution < 1.29 is 29.0 Å². The van der Waals surface area contributed by atoms with E-state index in [4.69, 9.17) is 9.47 Å². The molecule has 5 heterocycles. The average Bonchev–Trinajstić information content (AvgIpc) is 3.29. The van der Waals surface area contributed by atoms with E-state index in [9.17, 15) is 19.5 Å². The molecule has 9 nitrogen and oxygen atoms in total. The molecule has 2 aromatic heterocycles. The molecule has 0 radical (unpaired) electrons. The molecule has 5 rings (SSSR count). The molecule has 1 saturated heterocycles. The number of carbonyl (C=O) groups is 3. The van der Waals surface area contributed by atoms with Gasteiger partial charge in [-0.05, 0) is 43.0 Å². The molecule has 10 heteroatoms. The number of aromatic nitrogens is 1. The molecule has 2 amide bonds.